The van der Waals surface area contributed by atoms with Crippen LogP contribution >= 0.6 is 0 Å². The van der Waals surface area contributed by atoms with Crippen LogP contribution < -0.4 is 15.5 Å². The Morgan fingerprint density at radius 1 is 1.26 bits per heavy atom. The highest BCUT2D eigenvalue weighted by Gasteiger charge is 2.38. The molecule has 0 radical (unpaired) electrons. The summed E-state index contributed by atoms with van der Waals surface area (Å²) in [7, 11) is 0. The van der Waals surface area contributed by atoms with Crippen molar-refractivity contribution >= 4 is 28.4 Å². The standard InChI is InChI=1S/C20H25FN8O2/c1-11-10-30-7-6-28(11)20-16(21)17(27-8-12-2-3-13(9-27)31-12)15-18(22)26-29(19(15)24-20)14-4-5-23-25-14/h4-5,11-13H,2-3,6-10H2,1H3,(H2,22,26)(H,23,25). The molecule has 3 aromatic heterocycles. The van der Waals surface area contributed by atoms with Crippen LogP contribution in [0, 0.1) is 5.82 Å². The van der Waals surface area contributed by atoms with Crippen LogP contribution in [0.2, 0.25) is 0 Å². The summed E-state index contributed by atoms with van der Waals surface area (Å²) in [6.45, 7) is 4.89. The molecule has 0 aliphatic carbocycles. The van der Waals surface area contributed by atoms with Gasteiger partial charge in [0.25, 0.3) is 0 Å². The number of aromatic nitrogens is 5. The molecule has 11 heteroatoms. The van der Waals surface area contributed by atoms with E-state index in [9.17, 15) is 0 Å². The van der Waals surface area contributed by atoms with E-state index in [0.717, 1.165) is 12.8 Å². The minimum Gasteiger partial charge on any atom is -0.382 e. The van der Waals surface area contributed by atoms with Crippen LogP contribution in [0.4, 0.5) is 21.7 Å². The Hall–Kier alpha value is -2.92. The number of rotatable bonds is 3. The SMILES string of the molecule is CC1COCCN1c1nc2c(c(N)nn2-c2ccn[nH]2)c(N2CC3CCC(C2)O3)c1F. The van der Waals surface area contributed by atoms with E-state index < -0.39 is 0 Å². The van der Waals surface area contributed by atoms with Crippen LogP contribution in [-0.4, -0.2) is 76.1 Å². The molecule has 0 aromatic carbocycles. The molecule has 3 fully saturated rings. The van der Waals surface area contributed by atoms with Gasteiger partial charge in [-0.3, -0.25) is 5.10 Å². The lowest BCUT2D eigenvalue weighted by molar-refractivity contribution is 0.0304. The van der Waals surface area contributed by atoms with E-state index in [0.29, 0.717) is 61.2 Å². The van der Waals surface area contributed by atoms with Crippen LogP contribution in [-0.2, 0) is 9.47 Å². The minimum atomic E-state index is -0.363. The maximum Gasteiger partial charge on any atom is 0.189 e. The molecule has 3 aliphatic heterocycles. The predicted octanol–water partition coefficient (Wildman–Crippen LogP) is 1.46. The van der Waals surface area contributed by atoms with Crippen molar-refractivity contribution in [2.45, 2.75) is 38.0 Å². The Bertz CT molecular complexity index is 1100. The van der Waals surface area contributed by atoms with Gasteiger partial charge in [0.05, 0.1) is 48.7 Å². The normalized spacial score (nSPS) is 26.2. The molecule has 3 aromatic rings. The molecule has 6 rings (SSSR count). The average Bonchev–Trinajstić information content (AvgIpc) is 3.48. The summed E-state index contributed by atoms with van der Waals surface area (Å²) < 4.78 is 29.4. The Labute approximate surface area is 178 Å². The summed E-state index contributed by atoms with van der Waals surface area (Å²) in [5, 5.41) is 11.9. The summed E-state index contributed by atoms with van der Waals surface area (Å²) in [4.78, 5) is 8.78. The Kier molecular flexibility index (Phi) is 4.29. The third-order valence-electron chi connectivity index (χ3n) is 6.45. The number of morpholine rings is 2. The third-order valence-corrected chi connectivity index (χ3v) is 6.45. The van der Waals surface area contributed by atoms with Gasteiger partial charge in [0.15, 0.2) is 28.9 Å². The van der Waals surface area contributed by atoms with Crippen molar-refractivity contribution in [1.82, 2.24) is 25.0 Å². The molecular weight excluding hydrogens is 403 g/mol. The fourth-order valence-electron chi connectivity index (χ4n) is 4.98. The van der Waals surface area contributed by atoms with Gasteiger partial charge in [0, 0.05) is 25.7 Å². The van der Waals surface area contributed by atoms with E-state index >= 15 is 4.39 Å². The molecule has 2 bridgehead atoms. The summed E-state index contributed by atoms with van der Waals surface area (Å²) in [5.41, 5.74) is 7.30. The monoisotopic (exact) mass is 428 g/mol. The van der Waals surface area contributed by atoms with Crippen LogP contribution in [0.3, 0.4) is 0 Å². The molecule has 3 saturated heterocycles. The predicted molar refractivity (Wildman–Crippen MR) is 113 cm³/mol. The van der Waals surface area contributed by atoms with Gasteiger partial charge in [-0.1, -0.05) is 0 Å². The number of halogens is 1. The van der Waals surface area contributed by atoms with E-state index in [1.54, 1.807) is 16.9 Å². The van der Waals surface area contributed by atoms with E-state index in [2.05, 4.69) is 20.2 Å². The number of nitrogens with two attached hydrogens (primary N) is 1. The van der Waals surface area contributed by atoms with Gasteiger partial charge in [-0.2, -0.15) is 9.78 Å². The number of fused-ring (bicyclic) bond motifs is 3. The number of nitrogens with zero attached hydrogens (tertiary/aromatic N) is 6. The van der Waals surface area contributed by atoms with Crippen LogP contribution in [0.1, 0.15) is 19.8 Å². The topological polar surface area (TPSA) is 110 Å². The molecule has 3 atom stereocenters. The van der Waals surface area contributed by atoms with E-state index in [1.165, 1.54) is 0 Å². The molecule has 6 heterocycles. The first-order valence-corrected chi connectivity index (χ1v) is 10.7. The molecule has 31 heavy (non-hydrogen) atoms. The molecule has 3 N–H and O–H groups in total. The van der Waals surface area contributed by atoms with Gasteiger partial charge in [-0.05, 0) is 19.8 Å². The minimum absolute atomic E-state index is 0.00259. The van der Waals surface area contributed by atoms with Crippen LogP contribution in [0.15, 0.2) is 12.3 Å². The summed E-state index contributed by atoms with van der Waals surface area (Å²) in [6.07, 6.45) is 3.83. The molecule has 10 nitrogen and oxygen atoms in total. The number of pyridine rings is 1. The van der Waals surface area contributed by atoms with Crippen molar-refractivity contribution < 1.29 is 13.9 Å². The van der Waals surface area contributed by atoms with Gasteiger partial charge in [-0.25, -0.2) is 9.37 Å². The van der Waals surface area contributed by atoms with Crippen LogP contribution in [0.5, 0.6) is 0 Å². The van der Waals surface area contributed by atoms with E-state index in [-0.39, 0.29) is 29.9 Å². The first-order chi connectivity index (χ1) is 15.1. The molecule has 3 aliphatic rings. The molecule has 0 saturated carbocycles. The summed E-state index contributed by atoms with van der Waals surface area (Å²) >= 11 is 0. The molecule has 3 unspecified atom stereocenters. The van der Waals surface area contributed by atoms with Crippen molar-refractivity contribution in [2.75, 3.05) is 48.4 Å². The average molecular weight is 428 g/mol. The largest absolute Gasteiger partial charge is 0.382 e. The van der Waals surface area contributed by atoms with Crippen molar-refractivity contribution in [3.8, 4) is 5.82 Å². The smallest absolute Gasteiger partial charge is 0.189 e. The lowest BCUT2D eigenvalue weighted by Gasteiger charge is -2.37. The maximum absolute atomic E-state index is 16.2. The van der Waals surface area contributed by atoms with Crippen molar-refractivity contribution in [1.29, 1.82) is 0 Å². The zero-order chi connectivity index (χ0) is 21.1. The maximum atomic E-state index is 16.2. The molecule has 164 valence electrons. The fraction of sp³-hybridized carbons (Fsp3) is 0.550. The van der Waals surface area contributed by atoms with E-state index in [1.807, 2.05) is 11.8 Å². The van der Waals surface area contributed by atoms with Gasteiger partial charge in [0.1, 0.15) is 0 Å². The second kappa shape index (κ2) is 7.06. The Morgan fingerprint density at radius 2 is 2.06 bits per heavy atom. The number of nitrogens with one attached hydrogen (secondary N) is 1. The van der Waals surface area contributed by atoms with E-state index in [4.69, 9.17) is 20.2 Å². The first kappa shape index (κ1) is 18.8. The van der Waals surface area contributed by atoms with Crippen molar-refractivity contribution in [2.24, 2.45) is 0 Å². The first-order valence-electron chi connectivity index (χ1n) is 10.7. The van der Waals surface area contributed by atoms with Gasteiger partial charge in [-0.15, -0.1) is 5.10 Å². The van der Waals surface area contributed by atoms with Crippen LogP contribution in [0.25, 0.3) is 16.9 Å². The number of anilines is 3. The summed E-state index contributed by atoms with van der Waals surface area (Å²) in [5.74, 6) is 0.803. The molecular formula is C20H25FN8O2. The third kappa shape index (κ3) is 2.94. The van der Waals surface area contributed by atoms with Gasteiger partial charge < -0.3 is 25.0 Å². The van der Waals surface area contributed by atoms with Gasteiger partial charge >= 0.3 is 0 Å². The lowest BCUT2D eigenvalue weighted by atomic mass is 10.1. The zero-order valence-corrected chi connectivity index (χ0v) is 17.3. The van der Waals surface area contributed by atoms with Crippen molar-refractivity contribution in [3.63, 3.8) is 0 Å². The highest BCUT2D eigenvalue weighted by molar-refractivity contribution is 6.00. The second-order valence-electron chi connectivity index (χ2n) is 8.52. The Morgan fingerprint density at radius 3 is 2.77 bits per heavy atom. The Balaban J connectivity index is 1.58. The highest BCUT2D eigenvalue weighted by Crippen LogP contribution is 2.41. The number of ether oxygens (including phenoxy) is 2. The number of hydrogen-bond acceptors (Lipinski definition) is 8. The fourth-order valence-corrected chi connectivity index (χ4v) is 4.98. The van der Waals surface area contributed by atoms with Gasteiger partial charge in [0.2, 0.25) is 0 Å². The molecule has 0 spiro atoms. The number of hydrogen-bond donors (Lipinski definition) is 2. The second-order valence-corrected chi connectivity index (χ2v) is 8.52. The zero-order valence-electron chi connectivity index (χ0n) is 17.3. The highest BCUT2D eigenvalue weighted by atomic mass is 19.1. The number of aromatic amines is 1. The summed E-state index contributed by atoms with van der Waals surface area (Å²) in [6, 6.07) is 1.78. The number of H-pyrrole nitrogens is 1. The van der Waals surface area contributed by atoms with Crippen molar-refractivity contribution in [3.05, 3.63) is 18.1 Å². The molecule has 0 amide bonds. The quantitative estimate of drug-likeness (QED) is 0.645. The lowest BCUT2D eigenvalue weighted by Crippen LogP contribution is -2.46. The number of nitrogen functional groups attached to an aromatic ring is 1.